The highest BCUT2D eigenvalue weighted by Crippen LogP contribution is 2.13. The highest BCUT2D eigenvalue weighted by Gasteiger charge is 2.34. The van der Waals surface area contributed by atoms with Crippen LogP contribution in [0.5, 0.6) is 5.75 Å². The minimum absolute atomic E-state index is 0.323. The summed E-state index contributed by atoms with van der Waals surface area (Å²) in [6, 6.07) is 7.60. The SMILES string of the molecule is CCCC[C@@H](N)[C@H](O)C(=O)C(Oc1ccccc1)C(N)=O. The summed E-state index contributed by atoms with van der Waals surface area (Å²) in [6.07, 6.45) is -0.853. The van der Waals surface area contributed by atoms with Gasteiger partial charge in [0.05, 0.1) is 0 Å². The molecule has 0 spiro atoms. The molecular weight excluding hydrogens is 272 g/mol. The molecule has 0 aliphatic rings. The molecule has 0 aliphatic carbocycles. The summed E-state index contributed by atoms with van der Waals surface area (Å²) in [5.41, 5.74) is 10.9. The van der Waals surface area contributed by atoms with Gasteiger partial charge in [-0.15, -0.1) is 0 Å². The third kappa shape index (κ3) is 5.17. The molecule has 6 nitrogen and oxygen atoms in total. The highest BCUT2D eigenvalue weighted by molar-refractivity contribution is 6.06. The number of carbonyl (C=O) groups excluding carboxylic acids is 2. The van der Waals surface area contributed by atoms with E-state index in [1.165, 1.54) is 0 Å². The first-order valence-electron chi connectivity index (χ1n) is 6.95. The summed E-state index contributed by atoms with van der Waals surface area (Å²) in [5.74, 6) is -1.44. The fraction of sp³-hybridized carbons (Fsp3) is 0.467. The predicted octanol–water partition coefficient (Wildman–Crippen LogP) is 0.367. The summed E-state index contributed by atoms with van der Waals surface area (Å²) in [6.45, 7) is 1.98. The average Bonchev–Trinajstić information content (AvgIpc) is 2.49. The Balaban J connectivity index is 2.75. The van der Waals surface area contributed by atoms with Crippen LogP contribution in [0.2, 0.25) is 0 Å². The number of aliphatic hydroxyl groups excluding tert-OH is 1. The number of primary amides is 1. The first-order valence-corrected chi connectivity index (χ1v) is 6.95. The number of ketones is 1. The number of hydrogen-bond donors (Lipinski definition) is 3. The molecule has 21 heavy (non-hydrogen) atoms. The van der Waals surface area contributed by atoms with Crippen molar-refractivity contribution in [1.29, 1.82) is 0 Å². The van der Waals surface area contributed by atoms with Crippen molar-refractivity contribution in [1.82, 2.24) is 0 Å². The van der Waals surface area contributed by atoms with Gasteiger partial charge < -0.3 is 21.3 Å². The second-order valence-corrected chi connectivity index (χ2v) is 4.87. The number of para-hydroxylation sites is 1. The Hall–Kier alpha value is -1.92. The van der Waals surface area contributed by atoms with Crippen molar-refractivity contribution in [2.24, 2.45) is 11.5 Å². The van der Waals surface area contributed by atoms with Gasteiger partial charge in [-0.25, -0.2) is 0 Å². The third-order valence-electron chi connectivity index (χ3n) is 3.10. The van der Waals surface area contributed by atoms with Crippen LogP contribution in [-0.4, -0.2) is 35.0 Å². The van der Waals surface area contributed by atoms with Crippen molar-refractivity contribution in [2.45, 2.75) is 44.4 Å². The second-order valence-electron chi connectivity index (χ2n) is 4.87. The molecule has 0 bridgehead atoms. The molecule has 1 amide bonds. The molecular formula is C15H22N2O4. The van der Waals surface area contributed by atoms with Gasteiger partial charge in [-0.2, -0.15) is 0 Å². The van der Waals surface area contributed by atoms with E-state index >= 15 is 0 Å². The van der Waals surface area contributed by atoms with Crippen molar-refractivity contribution < 1.29 is 19.4 Å². The first kappa shape index (κ1) is 17.1. The molecule has 1 rings (SSSR count). The molecule has 0 aromatic heterocycles. The monoisotopic (exact) mass is 294 g/mol. The third-order valence-corrected chi connectivity index (χ3v) is 3.10. The number of rotatable bonds is 9. The zero-order valence-corrected chi connectivity index (χ0v) is 12.1. The fourth-order valence-corrected chi connectivity index (χ4v) is 1.86. The standard InChI is InChI=1S/C15H22N2O4/c1-2-3-9-11(16)12(18)13(19)14(15(17)20)21-10-7-5-4-6-8-10/h4-8,11-12,14,18H,2-3,9,16H2,1H3,(H2,17,20)/t11-,12+,14?/m1/s1. The maximum Gasteiger partial charge on any atom is 0.266 e. The lowest BCUT2D eigenvalue weighted by molar-refractivity contribution is -0.142. The first-order chi connectivity index (χ1) is 9.97. The number of Topliss-reactive ketones (excluding diaryl/α,β-unsaturated/α-hetero) is 1. The van der Waals surface area contributed by atoms with Gasteiger partial charge in [-0.1, -0.05) is 38.0 Å². The van der Waals surface area contributed by atoms with Gasteiger partial charge >= 0.3 is 0 Å². The number of nitrogens with two attached hydrogens (primary N) is 2. The van der Waals surface area contributed by atoms with E-state index < -0.39 is 29.9 Å². The van der Waals surface area contributed by atoms with Gasteiger partial charge in [0, 0.05) is 6.04 Å². The van der Waals surface area contributed by atoms with Crippen molar-refractivity contribution >= 4 is 11.7 Å². The smallest absolute Gasteiger partial charge is 0.266 e. The predicted molar refractivity (Wildman–Crippen MR) is 78.6 cm³/mol. The molecule has 0 radical (unpaired) electrons. The molecule has 1 aromatic carbocycles. The Kier molecular flexibility index (Phi) is 6.84. The molecule has 3 atom stereocenters. The molecule has 0 aliphatic heterocycles. The van der Waals surface area contributed by atoms with Crippen LogP contribution in [0.25, 0.3) is 0 Å². The molecule has 1 aromatic rings. The average molecular weight is 294 g/mol. The molecule has 116 valence electrons. The molecule has 6 heteroatoms. The quantitative estimate of drug-likeness (QED) is 0.569. The number of ether oxygens (including phenoxy) is 1. The number of benzene rings is 1. The Morgan fingerprint density at radius 2 is 1.90 bits per heavy atom. The fourth-order valence-electron chi connectivity index (χ4n) is 1.86. The van der Waals surface area contributed by atoms with Crippen molar-refractivity contribution in [3.63, 3.8) is 0 Å². The maximum absolute atomic E-state index is 12.1. The van der Waals surface area contributed by atoms with Gasteiger partial charge in [0.1, 0.15) is 11.9 Å². The van der Waals surface area contributed by atoms with E-state index in [-0.39, 0.29) is 0 Å². The van der Waals surface area contributed by atoms with E-state index in [1.54, 1.807) is 30.3 Å². The Morgan fingerprint density at radius 1 is 1.29 bits per heavy atom. The molecule has 1 unspecified atom stereocenters. The van der Waals surface area contributed by atoms with E-state index in [9.17, 15) is 14.7 Å². The number of aliphatic hydroxyl groups is 1. The Morgan fingerprint density at radius 3 is 2.43 bits per heavy atom. The van der Waals surface area contributed by atoms with E-state index in [0.717, 1.165) is 12.8 Å². The Labute approximate surface area is 124 Å². The van der Waals surface area contributed by atoms with Gasteiger partial charge in [-0.3, -0.25) is 9.59 Å². The van der Waals surface area contributed by atoms with E-state index in [0.29, 0.717) is 12.2 Å². The largest absolute Gasteiger partial charge is 0.473 e. The number of hydrogen-bond acceptors (Lipinski definition) is 5. The number of amides is 1. The van der Waals surface area contributed by atoms with Crippen LogP contribution in [0.1, 0.15) is 26.2 Å². The second kappa shape index (κ2) is 8.39. The molecule has 0 saturated carbocycles. The summed E-state index contributed by atoms with van der Waals surface area (Å²) < 4.78 is 5.27. The van der Waals surface area contributed by atoms with Crippen LogP contribution in [0.3, 0.4) is 0 Å². The maximum atomic E-state index is 12.1. The minimum Gasteiger partial charge on any atom is -0.473 e. The summed E-state index contributed by atoms with van der Waals surface area (Å²) in [7, 11) is 0. The van der Waals surface area contributed by atoms with Gasteiger partial charge in [0.15, 0.2) is 0 Å². The minimum atomic E-state index is -1.55. The summed E-state index contributed by atoms with van der Waals surface area (Å²) in [5, 5.41) is 9.95. The number of carbonyl (C=O) groups is 2. The van der Waals surface area contributed by atoms with Crippen LogP contribution in [0, 0.1) is 0 Å². The lowest BCUT2D eigenvalue weighted by Gasteiger charge is -2.22. The van der Waals surface area contributed by atoms with Gasteiger partial charge in [0.2, 0.25) is 11.9 Å². The van der Waals surface area contributed by atoms with E-state index in [1.807, 2.05) is 6.92 Å². The normalized spacial score (nSPS) is 15.0. The number of unbranched alkanes of at least 4 members (excludes halogenated alkanes) is 1. The van der Waals surface area contributed by atoms with Crippen molar-refractivity contribution in [2.75, 3.05) is 0 Å². The van der Waals surface area contributed by atoms with Crippen LogP contribution in [-0.2, 0) is 9.59 Å². The van der Waals surface area contributed by atoms with Gasteiger partial charge in [0.25, 0.3) is 5.91 Å². The van der Waals surface area contributed by atoms with Crippen molar-refractivity contribution in [3.8, 4) is 5.75 Å². The van der Waals surface area contributed by atoms with E-state index in [4.69, 9.17) is 16.2 Å². The topological polar surface area (TPSA) is 116 Å². The van der Waals surface area contributed by atoms with Crippen LogP contribution < -0.4 is 16.2 Å². The zero-order chi connectivity index (χ0) is 15.8. The molecule has 5 N–H and O–H groups in total. The molecule has 0 fully saturated rings. The Bertz CT molecular complexity index is 464. The highest BCUT2D eigenvalue weighted by atomic mass is 16.5. The van der Waals surface area contributed by atoms with Crippen molar-refractivity contribution in [3.05, 3.63) is 30.3 Å². The summed E-state index contributed by atoms with van der Waals surface area (Å²) in [4.78, 5) is 23.5. The lowest BCUT2D eigenvalue weighted by atomic mass is 9.98. The van der Waals surface area contributed by atoms with Gasteiger partial charge in [-0.05, 0) is 18.6 Å². The zero-order valence-electron chi connectivity index (χ0n) is 12.1. The molecule has 0 saturated heterocycles. The van der Waals surface area contributed by atoms with Crippen LogP contribution in [0.15, 0.2) is 30.3 Å². The lowest BCUT2D eigenvalue weighted by Crippen LogP contribution is -2.51. The van der Waals surface area contributed by atoms with Crippen LogP contribution >= 0.6 is 0 Å². The van der Waals surface area contributed by atoms with E-state index in [2.05, 4.69) is 0 Å². The summed E-state index contributed by atoms with van der Waals surface area (Å²) >= 11 is 0. The molecule has 0 heterocycles. The van der Waals surface area contributed by atoms with Crippen LogP contribution in [0.4, 0.5) is 0 Å².